The SMILES string of the molecule is C[C@@H]1CN(c2cc(F)c(-c3cnc(N4CCN(C(=O)CCC(=O)NCCCNc5cccc6c5C(=O)N(C5CCC(=O)NC5=O)C6=O)CC4)nc3)cc2NC(=O)c2c[nH]c(=O)cc2C(F)(F)F)C[C@H](C)N1C.C[C@@H]1CN(c2cc(F)c(-c3cnc(N4CCN(C(=O)CCC(=O)O)CC4)nc3)cc2NC(=O)c2c[nH]c(=O)cc2C(F)(F)F)C[C@H](C)N1C.NCCCCc1cccc2c1C(=O)N(C1CCC(=O)NC1=O)C2=O. The Morgan fingerprint density at radius 1 is 0.476 bits per heavy atom. The molecule has 13 amide bonds. The van der Waals surface area contributed by atoms with Gasteiger partial charge in [-0.25, -0.2) is 28.7 Å². The molecule has 0 bridgehead atoms. The summed E-state index contributed by atoms with van der Waals surface area (Å²) in [6.07, 6.45) is -0.382. The Morgan fingerprint density at radius 2 is 0.890 bits per heavy atom. The lowest BCUT2D eigenvalue weighted by atomic mass is 9.98. The number of nitrogens with one attached hydrogen (secondary N) is 8. The van der Waals surface area contributed by atoms with E-state index < -0.39 is 129 Å². The third-order valence-electron chi connectivity index (χ3n) is 26.8. The van der Waals surface area contributed by atoms with E-state index in [2.05, 4.69) is 71.6 Å². The third-order valence-corrected chi connectivity index (χ3v) is 26.8. The Bertz CT molecular complexity index is 6470. The average Bonchev–Trinajstić information content (AvgIpc) is 1.58. The molecule has 8 aliphatic rings. The van der Waals surface area contributed by atoms with Gasteiger partial charge < -0.3 is 71.5 Å². The molecule has 0 radical (unpaired) electrons. The number of anilines is 7. The number of imide groups is 4. The first-order valence-electron chi connectivity index (χ1n) is 47.1. The molecule has 11 N–H and O–H groups in total. The van der Waals surface area contributed by atoms with Crippen LogP contribution in [0.3, 0.4) is 0 Å². The van der Waals surface area contributed by atoms with E-state index >= 15 is 8.78 Å². The minimum Gasteiger partial charge on any atom is -0.481 e. The molecule has 48 heteroatoms. The molecule has 2 unspecified atom stereocenters. The van der Waals surface area contributed by atoms with Gasteiger partial charge >= 0.3 is 18.3 Å². The molecule has 4 aromatic carbocycles. The summed E-state index contributed by atoms with van der Waals surface area (Å²) >= 11 is 0. The minimum atomic E-state index is -5.01. The molecule has 16 rings (SSSR count). The highest BCUT2D eigenvalue weighted by Crippen LogP contribution is 2.42. The number of likely N-dealkylation sites (N-methyl/N-ethyl adjacent to an activating group) is 2. The summed E-state index contributed by atoms with van der Waals surface area (Å²) in [4.78, 5) is 237. The molecule has 4 aromatic heterocycles. The number of rotatable bonds is 27. The smallest absolute Gasteiger partial charge is 0.417 e. The van der Waals surface area contributed by atoms with Crippen LogP contribution in [0.5, 0.6) is 0 Å². The third kappa shape index (κ3) is 24.3. The summed E-state index contributed by atoms with van der Waals surface area (Å²) < 4.78 is 115. The molecule has 40 nitrogen and oxygen atoms in total. The van der Waals surface area contributed by atoms with E-state index in [0.717, 1.165) is 28.2 Å². The number of carbonyl (C=O) groups is 14. The fraction of sp³-hybridized carbons (Fsp3) is 0.423. The number of carboxylic acids is 1. The van der Waals surface area contributed by atoms with Crippen LogP contribution in [0.2, 0.25) is 0 Å². The highest BCUT2D eigenvalue weighted by molar-refractivity contribution is 6.26. The van der Waals surface area contributed by atoms with Crippen LogP contribution in [0.25, 0.3) is 22.3 Å². The van der Waals surface area contributed by atoms with Crippen molar-refractivity contribution in [1.82, 2.24) is 75.3 Å². The number of carboxylic acid groups (broad SMARTS) is 1. The number of fused-ring (bicyclic) bond motifs is 2. The van der Waals surface area contributed by atoms with Crippen molar-refractivity contribution in [2.75, 3.05) is 148 Å². The van der Waals surface area contributed by atoms with Gasteiger partial charge in [-0.1, -0.05) is 18.2 Å². The zero-order valence-corrected chi connectivity index (χ0v) is 79.8. The lowest BCUT2D eigenvalue weighted by Crippen LogP contribution is -2.55. The quantitative estimate of drug-likeness (QED) is 0.0142. The first-order valence-corrected chi connectivity index (χ1v) is 47.1. The summed E-state index contributed by atoms with van der Waals surface area (Å²) in [6.45, 7) is 13.6. The van der Waals surface area contributed by atoms with E-state index in [1.807, 2.05) is 67.5 Å². The number of hydrogen-bond donors (Lipinski definition) is 10. The number of piperidine rings is 2. The Labute approximate surface area is 823 Å². The number of alkyl halides is 6. The van der Waals surface area contributed by atoms with Crippen molar-refractivity contribution in [3.63, 3.8) is 0 Å². The number of benzene rings is 4. The Morgan fingerprint density at radius 3 is 1.30 bits per heavy atom. The summed E-state index contributed by atoms with van der Waals surface area (Å²) in [5.41, 5.74) is 2.18. The van der Waals surface area contributed by atoms with Gasteiger partial charge in [0.1, 0.15) is 23.7 Å². The number of aromatic nitrogens is 6. The van der Waals surface area contributed by atoms with Crippen LogP contribution in [-0.2, 0) is 57.1 Å². The van der Waals surface area contributed by atoms with E-state index in [4.69, 9.17) is 10.8 Å². The number of nitrogens with two attached hydrogens (primary N) is 1. The Hall–Kier alpha value is -15.4. The molecule has 6 saturated heterocycles. The maximum Gasteiger partial charge on any atom is 0.417 e. The fourth-order valence-corrected chi connectivity index (χ4v) is 18.5. The molecule has 8 aliphatic heterocycles. The monoisotopic (exact) mass is 2020 g/mol. The first-order chi connectivity index (χ1) is 68.9. The number of amides is 13. The van der Waals surface area contributed by atoms with Crippen molar-refractivity contribution >= 4 is 123 Å². The zero-order valence-electron chi connectivity index (χ0n) is 79.8. The first kappa shape index (κ1) is 105. The second-order valence-corrected chi connectivity index (χ2v) is 36.4. The fourth-order valence-electron chi connectivity index (χ4n) is 18.5. The topological polar surface area (TPSA) is 507 Å². The molecular formula is C97H107F8N23O17. The van der Waals surface area contributed by atoms with Gasteiger partial charge in [-0.2, -0.15) is 26.3 Å². The summed E-state index contributed by atoms with van der Waals surface area (Å²) in [6, 6.07) is 13.7. The van der Waals surface area contributed by atoms with Crippen molar-refractivity contribution in [2.24, 2.45) is 5.73 Å². The highest BCUT2D eigenvalue weighted by Gasteiger charge is 2.49. The van der Waals surface area contributed by atoms with Crippen LogP contribution >= 0.6 is 0 Å². The van der Waals surface area contributed by atoms with Gasteiger partial charge in [-0.3, -0.25) is 107 Å². The standard InChI is InChI=1S/C48H52F4N12O8.C32H36F4N8O5.C17H19N3O4/c1-26-24-63(25-27(2)60(26)3)37-20-33(49)30(18-35(37)58-43(69)31-23-55-40(67)19-32(31)48(50,51)52)28-21-56-47(57-22-28)62-16-14-61(15-17-62)41(68)11-10-38(65)54-13-5-12-53-34-7-4-6-29-42(34)46(72)64(45(29)71)36-8-9-39(66)59-44(36)70;1-18-16-44(17-19(2)41(18)3)26-12-24(33)21(10-25(26)40-30(49)22-15-37-27(45)11-23(22)32(34,35)36)20-13-38-31(39-14-20)43-8-6-42(7-9-43)28(46)4-5-29(47)48;18-9-2-1-4-10-5-3-6-11-14(10)17(24)20(16(11)23)12-7-8-13(21)19-15(12)22/h4,6-7,18-23,26-27,36,53H,5,8-17,24-25H2,1-3H3,(H,54,65)(H,55,67)(H,58,69)(H,59,66,70);10-15,18-19H,4-9,16-17H2,1-3H3,(H,37,45)(H,40,49)(H,47,48);3,5-6,12H,1-2,4,7-9,18H2,(H,19,21,22)/t26-,27+,36?;18-,19+;. The molecule has 6 atom stereocenters. The number of unbranched alkanes of at least 4 members (excludes halogenated alkanes) is 1. The summed E-state index contributed by atoms with van der Waals surface area (Å²) in [7, 11) is 3.91. The number of aliphatic carboxylic acids is 1. The molecule has 0 aliphatic carbocycles. The number of aromatic amines is 2. The van der Waals surface area contributed by atoms with Crippen molar-refractivity contribution in [3.05, 3.63) is 192 Å². The van der Waals surface area contributed by atoms with E-state index in [1.165, 1.54) is 55.1 Å². The molecule has 0 saturated carbocycles. The largest absolute Gasteiger partial charge is 0.481 e. The maximum atomic E-state index is 16.1. The van der Waals surface area contributed by atoms with E-state index in [-0.39, 0.29) is 162 Å². The van der Waals surface area contributed by atoms with Crippen molar-refractivity contribution in [2.45, 2.75) is 153 Å². The number of aryl methyl sites for hydroxylation is 1. The van der Waals surface area contributed by atoms with Crippen LogP contribution in [0.15, 0.2) is 120 Å². The van der Waals surface area contributed by atoms with Gasteiger partial charge in [-0.05, 0) is 135 Å². The maximum absolute atomic E-state index is 16.1. The van der Waals surface area contributed by atoms with Gasteiger partial charge in [0.2, 0.25) is 64.4 Å². The second-order valence-electron chi connectivity index (χ2n) is 36.4. The van der Waals surface area contributed by atoms with Crippen LogP contribution in [0, 0.1) is 11.6 Å². The molecule has 0 spiro atoms. The van der Waals surface area contributed by atoms with E-state index in [9.17, 15) is 103 Å². The molecule has 6 fully saturated rings. The molecule has 12 heterocycles. The predicted octanol–water partition coefficient (Wildman–Crippen LogP) is 6.87. The van der Waals surface area contributed by atoms with Crippen LogP contribution < -0.4 is 68.4 Å². The predicted molar refractivity (Wildman–Crippen MR) is 511 cm³/mol. The van der Waals surface area contributed by atoms with Crippen molar-refractivity contribution in [1.29, 1.82) is 0 Å². The molecule has 8 aromatic rings. The van der Waals surface area contributed by atoms with Gasteiger partial charge in [0.05, 0.1) is 73.7 Å². The van der Waals surface area contributed by atoms with Crippen LogP contribution in [0.1, 0.15) is 177 Å². The van der Waals surface area contributed by atoms with Crippen LogP contribution in [-0.4, -0.2) is 296 Å². The number of pyridine rings is 2. The van der Waals surface area contributed by atoms with Gasteiger partial charge in [0.15, 0.2) is 0 Å². The number of piperazine rings is 4. The lowest BCUT2D eigenvalue weighted by Gasteiger charge is -2.44. The number of nitrogens with zero attached hydrogens (tertiary/aromatic N) is 14. The van der Waals surface area contributed by atoms with Crippen LogP contribution in [0.4, 0.5) is 75.5 Å². The number of halogens is 8. The molecular weight excluding hydrogens is 1910 g/mol. The second kappa shape index (κ2) is 45.1. The normalized spacial score (nSPS) is 19.4. The van der Waals surface area contributed by atoms with Gasteiger partial charge in [0, 0.05) is 225 Å². The van der Waals surface area contributed by atoms with E-state index in [0.29, 0.717) is 158 Å². The lowest BCUT2D eigenvalue weighted by molar-refractivity contribution is -0.141. The van der Waals surface area contributed by atoms with Crippen molar-refractivity contribution < 1.29 is 107 Å². The minimum absolute atomic E-state index is 0.00658. The number of hydrogen-bond acceptors (Lipinski definition) is 28. The Kier molecular flexibility index (Phi) is 32.8. The van der Waals surface area contributed by atoms with Gasteiger partial charge in [0.25, 0.3) is 35.4 Å². The molecule has 768 valence electrons. The Balaban J connectivity index is 0.000000195. The summed E-state index contributed by atoms with van der Waals surface area (Å²) in [5, 5.41) is 24.2. The van der Waals surface area contributed by atoms with Gasteiger partial charge in [-0.15, -0.1) is 0 Å². The summed E-state index contributed by atoms with van der Waals surface area (Å²) in [5.74, 6) is -9.21. The average molecular weight is 2020 g/mol. The number of H-pyrrole nitrogens is 2. The molecule has 145 heavy (non-hydrogen) atoms. The zero-order chi connectivity index (χ0) is 104. The number of carbonyl (C=O) groups excluding carboxylic acids is 13. The van der Waals surface area contributed by atoms with E-state index in [1.54, 1.807) is 34.1 Å². The highest BCUT2D eigenvalue weighted by atomic mass is 19.4. The van der Waals surface area contributed by atoms with Crippen molar-refractivity contribution in [3.8, 4) is 22.3 Å².